The Bertz CT molecular complexity index is 1030. The fourth-order valence-corrected chi connectivity index (χ4v) is 4.31. The van der Waals surface area contributed by atoms with Gasteiger partial charge in [0.25, 0.3) is 17.4 Å². The van der Waals surface area contributed by atoms with Gasteiger partial charge in [0.05, 0.1) is 11.4 Å². The topological polar surface area (TPSA) is 113 Å². The second kappa shape index (κ2) is 5.94. The first-order chi connectivity index (χ1) is 13.1. The molecule has 1 saturated carbocycles. The predicted octanol–water partition coefficient (Wildman–Crippen LogP) is 1.40. The third-order valence-corrected chi connectivity index (χ3v) is 5.56. The number of carbonyl (C=O) groups excluding carboxylic acids is 2. The number of carbonyl (C=O) groups is 2. The van der Waals surface area contributed by atoms with Crippen LogP contribution in [-0.4, -0.2) is 28.4 Å². The molecule has 5 rings (SSSR count). The molecule has 1 aliphatic heterocycles. The van der Waals surface area contributed by atoms with Crippen LogP contribution >= 0.6 is 0 Å². The predicted molar refractivity (Wildman–Crippen MR) is 95.9 cm³/mol. The number of benzene rings is 1. The summed E-state index contributed by atoms with van der Waals surface area (Å²) in [6.07, 6.45) is 3.05. The molecular weight excluding hydrogens is 348 g/mol. The number of nitrogens with zero attached hydrogens (tertiary/aromatic N) is 1. The number of aromatic amines is 1. The Labute approximate surface area is 154 Å². The number of H-pyrrole nitrogens is 1. The van der Waals surface area contributed by atoms with Crippen molar-refractivity contribution in [1.29, 1.82) is 0 Å². The van der Waals surface area contributed by atoms with Gasteiger partial charge >= 0.3 is 0 Å². The normalized spacial score (nSPS) is 21.9. The highest BCUT2D eigenvalue weighted by atomic mass is 16.5. The Hall–Kier alpha value is -3.16. The molecule has 2 heterocycles. The van der Waals surface area contributed by atoms with E-state index in [4.69, 9.17) is 4.74 Å². The first-order valence-corrected chi connectivity index (χ1v) is 9.06. The maximum atomic E-state index is 12.5. The first kappa shape index (κ1) is 16.0. The number of fused-ring (bicyclic) bond motifs is 6. The minimum Gasteiger partial charge on any atom is -0.482 e. The Morgan fingerprint density at radius 2 is 2.11 bits per heavy atom. The Morgan fingerprint density at radius 1 is 1.26 bits per heavy atom. The SMILES string of the molecule is O=C1COc2ccc(CNC(=O)c3nc4c(c(=O)[nH]3)C3CCC4C3)cc2N1. The highest BCUT2D eigenvalue weighted by Crippen LogP contribution is 2.50. The molecule has 3 aliphatic rings. The van der Waals surface area contributed by atoms with Gasteiger partial charge in [-0.3, -0.25) is 14.4 Å². The van der Waals surface area contributed by atoms with E-state index in [0.717, 1.165) is 36.1 Å². The minimum absolute atomic E-state index is 0.00228. The number of rotatable bonds is 3. The molecule has 2 bridgehead atoms. The maximum absolute atomic E-state index is 12.5. The van der Waals surface area contributed by atoms with E-state index < -0.39 is 5.91 Å². The van der Waals surface area contributed by atoms with Gasteiger partial charge in [-0.25, -0.2) is 4.98 Å². The third-order valence-electron chi connectivity index (χ3n) is 5.56. The van der Waals surface area contributed by atoms with E-state index in [9.17, 15) is 14.4 Å². The smallest absolute Gasteiger partial charge is 0.287 e. The van der Waals surface area contributed by atoms with Gasteiger partial charge in [-0.2, -0.15) is 0 Å². The Balaban J connectivity index is 1.33. The van der Waals surface area contributed by atoms with E-state index in [1.807, 2.05) is 6.07 Å². The molecule has 2 amide bonds. The van der Waals surface area contributed by atoms with Crippen LogP contribution in [0.15, 0.2) is 23.0 Å². The van der Waals surface area contributed by atoms with E-state index in [1.54, 1.807) is 12.1 Å². The van der Waals surface area contributed by atoms with E-state index in [-0.39, 0.29) is 30.4 Å². The fourth-order valence-electron chi connectivity index (χ4n) is 4.31. The van der Waals surface area contributed by atoms with Gasteiger partial charge in [0.15, 0.2) is 12.4 Å². The molecule has 2 aromatic rings. The molecule has 8 nitrogen and oxygen atoms in total. The molecule has 0 saturated heterocycles. The quantitative estimate of drug-likeness (QED) is 0.760. The van der Waals surface area contributed by atoms with Crippen molar-refractivity contribution in [2.75, 3.05) is 11.9 Å². The molecule has 2 unspecified atom stereocenters. The van der Waals surface area contributed by atoms with Crippen molar-refractivity contribution >= 4 is 17.5 Å². The van der Waals surface area contributed by atoms with Crippen molar-refractivity contribution < 1.29 is 14.3 Å². The Morgan fingerprint density at radius 3 is 3.00 bits per heavy atom. The van der Waals surface area contributed by atoms with Crippen LogP contribution in [-0.2, 0) is 11.3 Å². The van der Waals surface area contributed by atoms with Gasteiger partial charge in [-0.15, -0.1) is 0 Å². The van der Waals surface area contributed by atoms with Crippen molar-refractivity contribution in [2.24, 2.45) is 0 Å². The monoisotopic (exact) mass is 366 g/mol. The molecule has 3 N–H and O–H groups in total. The van der Waals surface area contributed by atoms with Gasteiger partial charge < -0.3 is 20.4 Å². The van der Waals surface area contributed by atoms with Crippen LogP contribution in [0, 0.1) is 0 Å². The van der Waals surface area contributed by atoms with Crippen molar-refractivity contribution in [2.45, 2.75) is 37.6 Å². The zero-order valence-corrected chi connectivity index (χ0v) is 14.5. The highest BCUT2D eigenvalue weighted by Gasteiger charge is 2.40. The fraction of sp³-hybridized carbons (Fsp3) is 0.368. The summed E-state index contributed by atoms with van der Waals surface area (Å²) in [5, 5.41) is 5.50. The highest BCUT2D eigenvalue weighted by molar-refractivity contribution is 5.95. The third kappa shape index (κ3) is 2.68. The number of nitrogens with one attached hydrogen (secondary N) is 3. The second-order valence-corrected chi connectivity index (χ2v) is 7.27. The van der Waals surface area contributed by atoms with Crippen LogP contribution in [0.3, 0.4) is 0 Å². The number of aromatic nitrogens is 2. The van der Waals surface area contributed by atoms with Crippen LogP contribution in [0.1, 0.15) is 58.5 Å². The zero-order chi connectivity index (χ0) is 18.5. The summed E-state index contributed by atoms with van der Waals surface area (Å²) in [5.74, 6) is 0.633. The largest absolute Gasteiger partial charge is 0.482 e. The molecule has 27 heavy (non-hydrogen) atoms. The molecule has 0 radical (unpaired) electrons. The summed E-state index contributed by atoms with van der Waals surface area (Å²) in [6, 6.07) is 5.32. The molecule has 2 aliphatic carbocycles. The molecule has 138 valence electrons. The summed E-state index contributed by atoms with van der Waals surface area (Å²) < 4.78 is 5.32. The molecular formula is C19H18N4O4. The number of hydrogen-bond acceptors (Lipinski definition) is 5. The molecule has 8 heteroatoms. The Kier molecular flexibility index (Phi) is 3.53. The molecule has 0 spiro atoms. The van der Waals surface area contributed by atoms with E-state index >= 15 is 0 Å². The number of amides is 2. The van der Waals surface area contributed by atoms with Crippen LogP contribution in [0.5, 0.6) is 5.75 Å². The van der Waals surface area contributed by atoms with Crippen molar-refractivity contribution in [3.05, 3.63) is 51.2 Å². The van der Waals surface area contributed by atoms with Gasteiger partial charge in [-0.1, -0.05) is 6.07 Å². The lowest BCUT2D eigenvalue weighted by molar-refractivity contribution is -0.118. The van der Waals surface area contributed by atoms with Gasteiger partial charge in [0.2, 0.25) is 0 Å². The zero-order valence-electron chi connectivity index (χ0n) is 14.5. The average Bonchev–Trinajstić information content (AvgIpc) is 3.28. The van der Waals surface area contributed by atoms with E-state index in [0.29, 0.717) is 23.3 Å². The molecule has 1 aromatic heterocycles. The van der Waals surface area contributed by atoms with Crippen LogP contribution in [0.25, 0.3) is 0 Å². The lowest BCUT2D eigenvalue weighted by atomic mass is 9.97. The van der Waals surface area contributed by atoms with Crippen molar-refractivity contribution in [1.82, 2.24) is 15.3 Å². The first-order valence-electron chi connectivity index (χ1n) is 9.06. The molecule has 2 atom stereocenters. The second-order valence-electron chi connectivity index (χ2n) is 7.27. The van der Waals surface area contributed by atoms with Crippen molar-refractivity contribution in [3.8, 4) is 5.75 Å². The summed E-state index contributed by atoms with van der Waals surface area (Å²) >= 11 is 0. The minimum atomic E-state index is -0.421. The molecule has 1 aromatic carbocycles. The molecule has 1 fully saturated rings. The van der Waals surface area contributed by atoms with Gasteiger partial charge in [0.1, 0.15) is 5.75 Å². The summed E-state index contributed by atoms with van der Waals surface area (Å²) in [5.41, 5.74) is 2.77. The standard InChI is InChI=1S/C19H18N4O4/c24-14-8-27-13-4-1-9(5-12(13)21-14)7-20-19(26)17-22-16-11-3-2-10(6-11)15(16)18(25)23-17/h1,4-5,10-11H,2-3,6-8H2,(H,20,26)(H,21,24)(H,22,23,25). The van der Waals surface area contributed by atoms with E-state index in [2.05, 4.69) is 20.6 Å². The number of anilines is 1. The van der Waals surface area contributed by atoms with Gasteiger partial charge in [0, 0.05) is 18.0 Å². The maximum Gasteiger partial charge on any atom is 0.287 e. The number of ether oxygens (including phenoxy) is 1. The summed E-state index contributed by atoms with van der Waals surface area (Å²) in [6.45, 7) is 0.247. The number of hydrogen-bond donors (Lipinski definition) is 3. The van der Waals surface area contributed by atoms with Crippen LogP contribution < -0.4 is 20.9 Å². The van der Waals surface area contributed by atoms with Gasteiger partial charge in [-0.05, 0) is 42.9 Å². The van der Waals surface area contributed by atoms with Crippen LogP contribution in [0.4, 0.5) is 5.69 Å². The lowest BCUT2D eigenvalue weighted by Gasteiger charge is -2.18. The average molecular weight is 366 g/mol. The lowest BCUT2D eigenvalue weighted by Crippen LogP contribution is -2.30. The summed E-state index contributed by atoms with van der Waals surface area (Å²) in [4.78, 5) is 43.3. The van der Waals surface area contributed by atoms with Crippen molar-refractivity contribution in [3.63, 3.8) is 0 Å². The van der Waals surface area contributed by atoms with E-state index in [1.165, 1.54) is 0 Å². The summed E-state index contributed by atoms with van der Waals surface area (Å²) in [7, 11) is 0. The van der Waals surface area contributed by atoms with Crippen LogP contribution in [0.2, 0.25) is 0 Å².